The maximum Gasteiger partial charge on any atom is 0.419 e. The number of halogens is 3. The lowest BCUT2D eigenvalue weighted by atomic mass is 9.88. The topological polar surface area (TPSA) is 26.2 Å². The molecule has 0 saturated heterocycles. The van der Waals surface area contributed by atoms with E-state index in [4.69, 9.17) is 0 Å². The lowest BCUT2D eigenvalue weighted by molar-refractivity contribution is -0.365. The third-order valence-corrected chi connectivity index (χ3v) is 3.84. The van der Waals surface area contributed by atoms with Crippen molar-refractivity contribution in [2.75, 3.05) is 5.32 Å². The molecule has 2 aromatic rings. The fourth-order valence-corrected chi connectivity index (χ4v) is 2.78. The number of fused-ring (bicyclic) bond motifs is 1. The number of hydrogen-bond donors (Lipinski definition) is 1. The molecule has 21 heavy (non-hydrogen) atoms. The van der Waals surface area contributed by atoms with Gasteiger partial charge in [-0.2, -0.15) is 13.2 Å². The van der Waals surface area contributed by atoms with Gasteiger partial charge in [-0.15, -0.1) is 0 Å². The molecule has 1 aromatic heterocycles. The van der Waals surface area contributed by atoms with Crippen molar-refractivity contribution < 1.29 is 18.2 Å². The molecule has 0 spiro atoms. The van der Waals surface area contributed by atoms with Crippen LogP contribution in [0.2, 0.25) is 0 Å². The van der Waals surface area contributed by atoms with Gasteiger partial charge in [0.1, 0.15) is 12.2 Å². The van der Waals surface area contributed by atoms with Crippen LogP contribution in [0.15, 0.2) is 42.6 Å². The summed E-state index contributed by atoms with van der Waals surface area (Å²) in [5.41, 5.74) is 1.88. The van der Waals surface area contributed by atoms with E-state index >= 15 is 0 Å². The Labute approximate surface area is 121 Å². The smallest absolute Gasteiger partial charge is 0.268 e. The molecule has 110 valence electrons. The lowest BCUT2D eigenvalue weighted by Gasteiger charge is -2.23. The maximum absolute atomic E-state index is 12.5. The Morgan fingerprint density at radius 2 is 1.90 bits per heavy atom. The van der Waals surface area contributed by atoms with Crippen LogP contribution in [0.4, 0.5) is 19.0 Å². The standard InChI is InChI=1S/C16H15F3N2/c17-16(18,19)12-8-9-15(20-10-12)21-14-7-3-5-11-4-1-2-6-13(11)14/h1-2,4,6,8-10,14H,3,5,7H2,(H,20,21)/p+1/t14-/m1/s1. The van der Waals surface area contributed by atoms with Gasteiger partial charge in [-0.25, -0.2) is 4.98 Å². The number of nitrogens with one attached hydrogen (secondary N) is 2. The summed E-state index contributed by atoms with van der Waals surface area (Å²) in [5, 5.41) is 3.29. The lowest BCUT2D eigenvalue weighted by Crippen LogP contribution is -2.22. The Morgan fingerprint density at radius 1 is 1.10 bits per heavy atom. The summed E-state index contributed by atoms with van der Waals surface area (Å²) >= 11 is 0. The van der Waals surface area contributed by atoms with Gasteiger partial charge < -0.3 is 0 Å². The van der Waals surface area contributed by atoms with Crippen LogP contribution in [0.5, 0.6) is 0 Å². The second kappa shape index (κ2) is 5.39. The number of alkyl halides is 3. The van der Waals surface area contributed by atoms with Crippen LogP contribution >= 0.6 is 0 Å². The molecule has 0 radical (unpaired) electrons. The van der Waals surface area contributed by atoms with Gasteiger partial charge in [-0.05, 0) is 36.5 Å². The number of rotatable bonds is 2. The highest BCUT2D eigenvalue weighted by atomic mass is 19.4. The van der Waals surface area contributed by atoms with Crippen LogP contribution in [0.25, 0.3) is 0 Å². The highest BCUT2D eigenvalue weighted by Gasteiger charge is 2.32. The van der Waals surface area contributed by atoms with Crippen molar-refractivity contribution in [3.05, 3.63) is 59.3 Å². The molecule has 0 saturated carbocycles. The normalized spacial score (nSPS) is 18.1. The third-order valence-electron chi connectivity index (χ3n) is 3.84. The van der Waals surface area contributed by atoms with E-state index in [1.54, 1.807) is 0 Å². The molecule has 0 bridgehead atoms. The molecule has 0 fully saturated rings. The van der Waals surface area contributed by atoms with Crippen LogP contribution in [0.1, 0.15) is 35.6 Å². The highest BCUT2D eigenvalue weighted by molar-refractivity contribution is 5.39. The van der Waals surface area contributed by atoms with Crippen LogP contribution in [-0.2, 0) is 12.6 Å². The predicted molar refractivity (Wildman–Crippen MR) is 73.7 cm³/mol. The maximum atomic E-state index is 12.5. The number of aryl methyl sites for hydroxylation is 1. The molecule has 5 heteroatoms. The van der Waals surface area contributed by atoms with Crippen molar-refractivity contribution in [3.63, 3.8) is 0 Å². The van der Waals surface area contributed by atoms with Gasteiger partial charge in [0.15, 0.2) is 0 Å². The zero-order chi connectivity index (χ0) is 14.9. The average molecular weight is 293 g/mol. The van der Waals surface area contributed by atoms with E-state index < -0.39 is 11.7 Å². The van der Waals surface area contributed by atoms with Crippen LogP contribution in [0, 0.1) is 0 Å². The third kappa shape index (κ3) is 3.01. The van der Waals surface area contributed by atoms with Gasteiger partial charge in [-0.3, -0.25) is 5.32 Å². The van der Waals surface area contributed by atoms with E-state index in [0.29, 0.717) is 5.82 Å². The molecule has 0 aliphatic heterocycles. The summed E-state index contributed by atoms with van der Waals surface area (Å²) in [6.45, 7) is 0. The predicted octanol–water partition coefficient (Wildman–Crippen LogP) is 4.01. The van der Waals surface area contributed by atoms with Crippen molar-refractivity contribution >= 4 is 5.82 Å². The summed E-state index contributed by atoms with van der Waals surface area (Å²) in [4.78, 5) is 2.69. The number of hydrogen-bond acceptors (Lipinski definition) is 1. The molecule has 1 aromatic carbocycles. The molecule has 1 aliphatic carbocycles. The number of benzene rings is 1. The van der Waals surface area contributed by atoms with Gasteiger partial charge in [0.25, 0.3) is 5.82 Å². The first-order chi connectivity index (χ1) is 10.0. The largest absolute Gasteiger partial charge is 0.419 e. The molecule has 0 unspecified atom stereocenters. The summed E-state index contributed by atoms with van der Waals surface area (Å²) in [6.07, 6.45) is -0.199. The Kier molecular flexibility index (Phi) is 3.57. The molecular formula is C16H16F3N2+. The van der Waals surface area contributed by atoms with E-state index in [2.05, 4.69) is 22.4 Å². The summed E-state index contributed by atoms with van der Waals surface area (Å²) in [6, 6.07) is 10.9. The van der Waals surface area contributed by atoms with Crippen LogP contribution < -0.4 is 10.3 Å². The van der Waals surface area contributed by atoms with Crippen molar-refractivity contribution in [1.82, 2.24) is 0 Å². The van der Waals surface area contributed by atoms with Gasteiger partial charge in [0, 0.05) is 6.07 Å². The van der Waals surface area contributed by atoms with Crippen molar-refractivity contribution in [1.29, 1.82) is 0 Å². The first kappa shape index (κ1) is 13.9. The fourth-order valence-electron chi connectivity index (χ4n) is 2.78. The summed E-state index contributed by atoms with van der Waals surface area (Å²) < 4.78 is 37.6. The van der Waals surface area contributed by atoms with E-state index in [-0.39, 0.29) is 6.04 Å². The highest BCUT2D eigenvalue weighted by Crippen LogP contribution is 2.32. The SMILES string of the molecule is FC(F)(F)c1ccc(N[C@@H]2CCCc3ccccc32)[nH+]c1. The minimum atomic E-state index is -4.31. The molecule has 2 nitrogen and oxygen atoms in total. The van der Waals surface area contributed by atoms with Gasteiger partial charge in [-0.1, -0.05) is 24.3 Å². The summed E-state index contributed by atoms with van der Waals surface area (Å²) in [5.74, 6) is 0.602. The van der Waals surface area contributed by atoms with Crippen LogP contribution in [0.3, 0.4) is 0 Å². The molecular weight excluding hydrogens is 277 g/mol. The summed E-state index contributed by atoms with van der Waals surface area (Å²) in [7, 11) is 0. The number of aromatic amines is 1. The monoisotopic (exact) mass is 293 g/mol. The zero-order valence-corrected chi connectivity index (χ0v) is 11.4. The van der Waals surface area contributed by atoms with E-state index in [0.717, 1.165) is 31.5 Å². The van der Waals surface area contributed by atoms with Crippen molar-refractivity contribution in [2.45, 2.75) is 31.5 Å². The molecule has 1 heterocycles. The fraction of sp³-hybridized carbons (Fsp3) is 0.312. The quantitative estimate of drug-likeness (QED) is 0.889. The number of anilines is 1. The molecule has 0 amide bonds. The average Bonchev–Trinajstić information content (AvgIpc) is 2.47. The molecule has 1 aliphatic rings. The number of aromatic nitrogens is 1. The van der Waals surface area contributed by atoms with Crippen molar-refractivity contribution in [2.24, 2.45) is 0 Å². The Balaban J connectivity index is 1.79. The Morgan fingerprint density at radius 3 is 2.62 bits per heavy atom. The minimum absolute atomic E-state index is 0.142. The first-order valence-electron chi connectivity index (χ1n) is 6.97. The van der Waals surface area contributed by atoms with Crippen molar-refractivity contribution in [3.8, 4) is 0 Å². The zero-order valence-electron chi connectivity index (χ0n) is 11.4. The minimum Gasteiger partial charge on any atom is -0.268 e. The molecule has 1 atom stereocenters. The Bertz CT molecular complexity index is 620. The second-order valence-corrected chi connectivity index (χ2v) is 5.28. The Hall–Kier alpha value is -2.04. The van der Waals surface area contributed by atoms with Gasteiger partial charge >= 0.3 is 6.18 Å². The number of H-pyrrole nitrogens is 1. The molecule has 3 rings (SSSR count). The molecule has 2 N–H and O–H groups in total. The first-order valence-corrected chi connectivity index (χ1v) is 6.97. The second-order valence-electron chi connectivity index (χ2n) is 5.28. The van der Waals surface area contributed by atoms with E-state index in [9.17, 15) is 13.2 Å². The van der Waals surface area contributed by atoms with Gasteiger partial charge in [0.2, 0.25) is 0 Å². The van der Waals surface area contributed by atoms with E-state index in [1.165, 1.54) is 17.2 Å². The van der Waals surface area contributed by atoms with Gasteiger partial charge in [0.05, 0.1) is 5.56 Å². The number of pyridine rings is 1. The van der Waals surface area contributed by atoms with E-state index in [1.807, 2.05) is 12.1 Å². The van der Waals surface area contributed by atoms with Crippen LogP contribution in [-0.4, -0.2) is 0 Å².